The van der Waals surface area contributed by atoms with Crippen LogP contribution < -0.4 is 10.5 Å². The topological polar surface area (TPSA) is 56.4 Å². The summed E-state index contributed by atoms with van der Waals surface area (Å²) in [5, 5.41) is 0.601. The zero-order valence-corrected chi connectivity index (χ0v) is 14.4. The number of aromatic nitrogens is 1. The molecule has 3 aromatic rings. The highest BCUT2D eigenvalue weighted by atomic mass is 19.1. The minimum atomic E-state index is -0.529. The number of nitrogens with one attached hydrogen (secondary N) is 1. The van der Waals surface area contributed by atoms with Gasteiger partial charge in [-0.3, -0.25) is 9.59 Å². The van der Waals surface area contributed by atoms with Crippen molar-refractivity contribution in [1.29, 1.82) is 0 Å². The number of benzene rings is 2. The Morgan fingerprint density at radius 3 is 2.26 bits per heavy atom. The highest BCUT2D eigenvalue weighted by molar-refractivity contribution is 5.97. The van der Waals surface area contributed by atoms with Gasteiger partial charge in [0, 0.05) is 31.9 Å². The van der Waals surface area contributed by atoms with E-state index < -0.39 is 11.4 Å². The van der Waals surface area contributed by atoms with Crippen molar-refractivity contribution in [3.63, 3.8) is 0 Å². The van der Waals surface area contributed by atoms with Crippen LogP contribution in [0.5, 0.6) is 0 Å². The van der Waals surface area contributed by atoms with Crippen molar-refractivity contribution in [3.8, 4) is 0 Å². The standard InChI is InChI=1S/C20H17F2N3O2/c21-14-3-5-16(6-4-14)24-7-9-25(10-8-24)20(27)17-11-13-1-2-15(22)12-18(13)23-19(17)26/h1-6,11-12H,7-10H2,(H,23,26). The largest absolute Gasteiger partial charge is 0.368 e. The van der Waals surface area contributed by atoms with E-state index in [4.69, 9.17) is 0 Å². The van der Waals surface area contributed by atoms with Crippen LogP contribution >= 0.6 is 0 Å². The lowest BCUT2D eigenvalue weighted by Crippen LogP contribution is -2.49. The van der Waals surface area contributed by atoms with Gasteiger partial charge < -0.3 is 14.8 Å². The van der Waals surface area contributed by atoms with Gasteiger partial charge in [0.15, 0.2) is 0 Å². The van der Waals surface area contributed by atoms with E-state index in [1.165, 1.54) is 36.4 Å². The number of rotatable bonds is 2. The third-order valence-corrected chi connectivity index (χ3v) is 4.80. The molecule has 1 N–H and O–H groups in total. The third kappa shape index (κ3) is 3.40. The molecule has 1 amide bonds. The Hall–Kier alpha value is -3.22. The quantitative estimate of drug-likeness (QED) is 0.756. The van der Waals surface area contributed by atoms with Gasteiger partial charge in [0.2, 0.25) is 0 Å². The van der Waals surface area contributed by atoms with E-state index in [1.807, 2.05) is 0 Å². The normalized spacial score (nSPS) is 14.6. The van der Waals surface area contributed by atoms with Crippen molar-refractivity contribution in [1.82, 2.24) is 9.88 Å². The average Bonchev–Trinajstić information content (AvgIpc) is 2.67. The van der Waals surface area contributed by atoms with Crippen molar-refractivity contribution >= 4 is 22.5 Å². The maximum Gasteiger partial charge on any atom is 0.261 e. The lowest BCUT2D eigenvalue weighted by atomic mass is 10.1. The minimum Gasteiger partial charge on any atom is -0.368 e. The van der Waals surface area contributed by atoms with E-state index in [9.17, 15) is 18.4 Å². The van der Waals surface area contributed by atoms with Crippen molar-refractivity contribution in [2.24, 2.45) is 0 Å². The summed E-state index contributed by atoms with van der Waals surface area (Å²) in [5.41, 5.74) is 0.773. The molecule has 7 heteroatoms. The Balaban J connectivity index is 1.51. The molecule has 5 nitrogen and oxygen atoms in total. The molecule has 1 fully saturated rings. The van der Waals surface area contributed by atoms with Crippen LogP contribution in [0.4, 0.5) is 14.5 Å². The van der Waals surface area contributed by atoms with Gasteiger partial charge in [0.05, 0.1) is 5.52 Å². The molecular weight excluding hydrogens is 352 g/mol. The molecule has 1 aliphatic rings. The second-order valence-corrected chi connectivity index (χ2v) is 6.50. The number of piperazine rings is 1. The predicted molar refractivity (Wildman–Crippen MR) is 99.0 cm³/mol. The monoisotopic (exact) mass is 369 g/mol. The van der Waals surface area contributed by atoms with Crippen LogP contribution in [-0.4, -0.2) is 42.0 Å². The smallest absolute Gasteiger partial charge is 0.261 e. The number of nitrogens with zero attached hydrogens (tertiary/aromatic N) is 2. The van der Waals surface area contributed by atoms with E-state index in [0.29, 0.717) is 37.1 Å². The summed E-state index contributed by atoms with van der Waals surface area (Å²) in [6.45, 7) is 2.09. The molecule has 0 aliphatic carbocycles. The summed E-state index contributed by atoms with van der Waals surface area (Å²) in [6, 6.07) is 11.8. The molecule has 2 aromatic carbocycles. The van der Waals surface area contributed by atoms with Crippen molar-refractivity contribution < 1.29 is 13.6 Å². The number of carbonyl (C=O) groups is 1. The number of fused-ring (bicyclic) bond motifs is 1. The molecule has 1 aromatic heterocycles. The van der Waals surface area contributed by atoms with E-state index in [1.54, 1.807) is 17.0 Å². The van der Waals surface area contributed by atoms with E-state index in [0.717, 1.165) is 5.69 Å². The second kappa shape index (κ2) is 6.83. The maximum atomic E-state index is 13.3. The van der Waals surface area contributed by atoms with E-state index in [-0.39, 0.29) is 17.3 Å². The van der Waals surface area contributed by atoms with Crippen LogP contribution in [0.3, 0.4) is 0 Å². The molecule has 0 bridgehead atoms. The van der Waals surface area contributed by atoms with Crippen molar-refractivity contribution in [2.45, 2.75) is 0 Å². The first kappa shape index (κ1) is 17.2. The minimum absolute atomic E-state index is 0.0457. The van der Waals surface area contributed by atoms with Gasteiger partial charge in [0.25, 0.3) is 11.5 Å². The predicted octanol–water partition coefficient (Wildman–Crippen LogP) is 2.77. The maximum absolute atomic E-state index is 13.3. The summed E-state index contributed by atoms with van der Waals surface area (Å²) in [5.74, 6) is -1.08. The van der Waals surface area contributed by atoms with Crippen LogP contribution in [-0.2, 0) is 0 Å². The third-order valence-electron chi connectivity index (χ3n) is 4.80. The van der Waals surface area contributed by atoms with Gasteiger partial charge in [-0.2, -0.15) is 0 Å². The summed E-state index contributed by atoms with van der Waals surface area (Å²) < 4.78 is 26.4. The molecule has 1 aliphatic heterocycles. The van der Waals surface area contributed by atoms with E-state index in [2.05, 4.69) is 9.88 Å². The zero-order chi connectivity index (χ0) is 19.0. The van der Waals surface area contributed by atoms with Gasteiger partial charge in [-0.25, -0.2) is 8.78 Å². The summed E-state index contributed by atoms with van der Waals surface area (Å²) >= 11 is 0. The van der Waals surface area contributed by atoms with Gasteiger partial charge >= 0.3 is 0 Å². The Morgan fingerprint density at radius 1 is 0.889 bits per heavy atom. The molecule has 0 spiro atoms. The lowest BCUT2D eigenvalue weighted by Gasteiger charge is -2.36. The van der Waals surface area contributed by atoms with Crippen molar-refractivity contribution in [3.05, 3.63) is 76.1 Å². The molecular formula is C20H17F2N3O2. The molecule has 0 atom stereocenters. The fourth-order valence-corrected chi connectivity index (χ4v) is 3.32. The first-order valence-corrected chi connectivity index (χ1v) is 8.64. The molecule has 138 valence electrons. The van der Waals surface area contributed by atoms with Gasteiger partial charge in [0.1, 0.15) is 17.2 Å². The number of halogens is 2. The molecule has 1 saturated heterocycles. The number of amides is 1. The van der Waals surface area contributed by atoms with E-state index >= 15 is 0 Å². The summed E-state index contributed by atoms with van der Waals surface area (Å²) in [7, 11) is 0. The molecule has 0 radical (unpaired) electrons. The van der Waals surface area contributed by atoms with Crippen LogP contribution in [0.25, 0.3) is 10.9 Å². The highest BCUT2D eigenvalue weighted by Gasteiger charge is 2.24. The fourth-order valence-electron chi connectivity index (χ4n) is 3.32. The number of hydrogen-bond donors (Lipinski definition) is 1. The number of aromatic amines is 1. The van der Waals surface area contributed by atoms with Gasteiger partial charge in [-0.05, 0) is 53.9 Å². The average molecular weight is 369 g/mol. The lowest BCUT2D eigenvalue weighted by molar-refractivity contribution is 0.0745. The molecule has 0 unspecified atom stereocenters. The summed E-state index contributed by atoms with van der Waals surface area (Å²) in [4.78, 5) is 31.3. The first-order chi connectivity index (χ1) is 13.0. The first-order valence-electron chi connectivity index (χ1n) is 8.64. The molecule has 4 rings (SSSR count). The highest BCUT2D eigenvalue weighted by Crippen LogP contribution is 2.18. The van der Waals surface area contributed by atoms with Crippen LogP contribution in [0.1, 0.15) is 10.4 Å². The van der Waals surface area contributed by atoms with Gasteiger partial charge in [-0.15, -0.1) is 0 Å². The number of hydrogen-bond acceptors (Lipinski definition) is 3. The van der Waals surface area contributed by atoms with Crippen LogP contribution in [0.2, 0.25) is 0 Å². The summed E-state index contributed by atoms with van der Waals surface area (Å²) in [6.07, 6.45) is 0. The van der Waals surface area contributed by atoms with Crippen molar-refractivity contribution in [2.75, 3.05) is 31.1 Å². The number of anilines is 1. The Labute approximate surface area is 153 Å². The molecule has 27 heavy (non-hydrogen) atoms. The van der Waals surface area contributed by atoms with Crippen LogP contribution in [0.15, 0.2) is 53.3 Å². The SMILES string of the molecule is O=C(c1cc2ccc(F)cc2[nH]c1=O)N1CCN(c2ccc(F)cc2)CC1. The number of carbonyl (C=O) groups excluding carboxylic acids is 1. The number of H-pyrrole nitrogens is 1. The fraction of sp³-hybridized carbons (Fsp3) is 0.200. The zero-order valence-electron chi connectivity index (χ0n) is 14.4. The van der Waals surface area contributed by atoms with Gasteiger partial charge in [-0.1, -0.05) is 0 Å². The Kier molecular flexibility index (Phi) is 4.35. The van der Waals surface area contributed by atoms with Crippen LogP contribution in [0, 0.1) is 11.6 Å². The molecule has 2 heterocycles. The molecule has 0 saturated carbocycles. The Morgan fingerprint density at radius 2 is 1.56 bits per heavy atom. The number of pyridine rings is 1. The second-order valence-electron chi connectivity index (χ2n) is 6.50. The Bertz CT molecular complexity index is 1060.